The Balaban J connectivity index is 2.07. The lowest BCUT2D eigenvalue weighted by Gasteiger charge is -2.06. The Morgan fingerprint density at radius 3 is 2.81 bits per heavy atom. The number of carbonyl (C=O) groups is 1. The van der Waals surface area contributed by atoms with E-state index in [4.69, 9.17) is 10.6 Å². The summed E-state index contributed by atoms with van der Waals surface area (Å²) in [4.78, 5) is 29.0. The van der Waals surface area contributed by atoms with Gasteiger partial charge in [-0.05, 0) is 34.2 Å². The molecule has 0 saturated heterocycles. The highest BCUT2D eigenvalue weighted by molar-refractivity contribution is 5.93. The van der Waals surface area contributed by atoms with E-state index in [1.807, 2.05) is 5.43 Å². The van der Waals surface area contributed by atoms with E-state index in [-0.39, 0.29) is 18.2 Å². The molecule has 0 fully saturated rings. The van der Waals surface area contributed by atoms with Crippen molar-refractivity contribution in [2.45, 2.75) is 6.61 Å². The number of nitrogen functional groups attached to an aromatic ring is 1. The summed E-state index contributed by atoms with van der Waals surface area (Å²) in [6.07, 6.45) is 2.64. The third kappa shape index (κ3) is 3.48. The van der Waals surface area contributed by atoms with E-state index in [0.717, 1.165) is 0 Å². The monoisotopic (exact) mass is 289 g/mol. The molecular weight excluding hydrogens is 278 g/mol. The first-order valence-electron chi connectivity index (χ1n) is 5.80. The number of nitrogens with one attached hydrogen (secondary N) is 1. The standard InChI is InChI=1S/C12H11N5O4/c13-16-12(18)8-3-4-9(15-6-8)7-21-10-2-1-5-14-11(10)17(19)20/h1-6H,7,13H2,(H,16,18). The minimum absolute atomic E-state index is 0.0110. The molecule has 0 aliphatic carbocycles. The Labute approximate surface area is 118 Å². The molecule has 0 unspecified atom stereocenters. The number of hydrogen-bond acceptors (Lipinski definition) is 7. The third-order valence-electron chi connectivity index (χ3n) is 2.52. The number of pyridine rings is 2. The quantitative estimate of drug-likeness (QED) is 0.355. The van der Waals surface area contributed by atoms with Crippen LogP contribution < -0.4 is 16.0 Å². The van der Waals surface area contributed by atoms with Gasteiger partial charge in [-0.1, -0.05) is 0 Å². The molecule has 108 valence electrons. The molecule has 2 aromatic heterocycles. The molecule has 2 rings (SSSR count). The molecule has 0 aromatic carbocycles. The number of nitrogens with two attached hydrogens (primary N) is 1. The van der Waals surface area contributed by atoms with Crippen molar-refractivity contribution in [1.29, 1.82) is 0 Å². The summed E-state index contributed by atoms with van der Waals surface area (Å²) in [6, 6.07) is 6.06. The number of nitrogens with zero attached hydrogens (tertiary/aromatic N) is 3. The number of hydrazine groups is 1. The van der Waals surface area contributed by atoms with Gasteiger partial charge in [-0.3, -0.25) is 15.2 Å². The van der Waals surface area contributed by atoms with Crippen molar-refractivity contribution in [1.82, 2.24) is 15.4 Å². The molecule has 0 aliphatic heterocycles. The second-order valence-electron chi connectivity index (χ2n) is 3.88. The Kier molecular flexibility index (Phi) is 4.36. The smallest absolute Gasteiger partial charge is 0.406 e. The topological polar surface area (TPSA) is 133 Å². The fourth-order valence-electron chi connectivity index (χ4n) is 1.51. The molecular formula is C12H11N5O4. The van der Waals surface area contributed by atoms with Crippen LogP contribution in [-0.4, -0.2) is 20.8 Å². The van der Waals surface area contributed by atoms with Crippen molar-refractivity contribution in [2.75, 3.05) is 0 Å². The molecule has 2 aromatic rings. The van der Waals surface area contributed by atoms with Crippen LogP contribution in [0, 0.1) is 10.1 Å². The van der Waals surface area contributed by atoms with E-state index in [9.17, 15) is 14.9 Å². The molecule has 21 heavy (non-hydrogen) atoms. The molecule has 2 heterocycles. The van der Waals surface area contributed by atoms with E-state index < -0.39 is 10.8 Å². The average molecular weight is 289 g/mol. The van der Waals surface area contributed by atoms with Gasteiger partial charge in [0, 0.05) is 6.20 Å². The first-order chi connectivity index (χ1) is 10.1. The highest BCUT2D eigenvalue weighted by Crippen LogP contribution is 2.23. The van der Waals surface area contributed by atoms with Gasteiger partial charge in [-0.2, -0.15) is 0 Å². The van der Waals surface area contributed by atoms with Crippen molar-refractivity contribution in [3.63, 3.8) is 0 Å². The third-order valence-corrected chi connectivity index (χ3v) is 2.52. The zero-order chi connectivity index (χ0) is 15.2. The summed E-state index contributed by atoms with van der Waals surface area (Å²) in [7, 11) is 0. The van der Waals surface area contributed by atoms with Gasteiger partial charge in [0.2, 0.25) is 5.75 Å². The normalized spacial score (nSPS) is 9.95. The fourth-order valence-corrected chi connectivity index (χ4v) is 1.51. The van der Waals surface area contributed by atoms with Crippen LogP contribution in [0.15, 0.2) is 36.7 Å². The van der Waals surface area contributed by atoms with Gasteiger partial charge >= 0.3 is 5.82 Å². The first kappa shape index (κ1) is 14.3. The Morgan fingerprint density at radius 2 is 2.19 bits per heavy atom. The molecule has 1 amide bonds. The predicted octanol–water partition coefficient (Wildman–Crippen LogP) is 0.567. The van der Waals surface area contributed by atoms with Crippen molar-refractivity contribution in [3.8, 4) is 5.75 Å². The van der Waals surface area contributed by atoms with Crippen LogP contribution in [0.5, 0.6) is 5.75 Å². The fraction of sp³-hybridized carbons (Fsp3) is 0.0833. The SMILES string of the molecule is NNC(=O)c1ccc(COc2cccnc2[N+](=O)[O-])nc1. The summed E-state index contributed by atoms with van der Waals surface area (Å²) < 4.78 is 5.32. The lowest BCUT2D eigenvalue weighted by atomic mass is 10.2. The van der Waals surface area contributed by atoms with Gasteiger partial charge in [0.05, 0.1) is 11.3 Å². The minimum Gasteiger partial charge on any atom is -0.479 e. The number of amides is 1. The van der Waals surface area contributed by atoms with Crippen molar-refractivity contribution in [3.05, 3.63) is 58.0 Å². The molecule has 0 radical (unpaired) electrons. The number of carbonyl (C=O) groups excluding carboxylic acids is 1. The van der Waals surface area contributed by atoms with E-state index >= 15 is 0 Å². The summed E-state index contributed by atoms with van der Waals surface area (Å²) in [6.45, 7) is 0.0110. The summed E-state index contributed by atoms with van der Waals surface area (Å²) in [5.41, 5.74) is 2.79. The Hall–Kier alpha value is -3.07. The number of ether oxygens (including phenoxy) is 1. The lowest BCUT2D eigenvalue weighted by Crippen LogP contribution is -2.30. The van der Waals surface area contributed by atoms with Gasteiger partial charge in [-0.25, -0.2) is 5.84 Å². The maximum absolute atomic E-state index is 11.2. The minimum atomic E-state index is -0.628. The molecule has 3 N–H and O–H groups in total. The molecule has 0 atom stereocenters. The summed E-state index contributed by atoms with van der Waals surface area (Å²) >= 11 is 0. The van der Waals surface area contributed by atoms with Gasteiger partial charge in [0.1, 0.15) is 12.8 Å². The number of nitro groups is 1. The number of rotatable bonds is 5. The molecule has 9 nitrogen and oxygen atoms in total. The van der Waals surface area contributed by atoms with Crippen LogP contribution in [0.1, 0.15) is 16.1 Å². The van der Waals surface area contributed by atoms with Crippen LogP contribution in [-0.2, 0) is 6.61 Å². The molecule has 0 spiro atoms. The second kappa shape index (κ2) is 6.39. The van der Waals surface area contributed by atoms with Gasteiger partial charge < -0.3 is 14.9 Å². The molecule has 0 aliphatic rings. The number of hydrogen-bond donors (Lipinski definition) is 2. The molecule has 0 saturated carbocycles. The van der Waals surface area contributed by atoms with E-state index in [0.29, 0.717) is 11.3 Å². The van der Waals surface area contributed by atoms with Gasteiger partial charge in [0.25, 0.3) is 5.91 Å². The van der Waals surface area contributed by atoms with Gasteiger partial charge in [-0.15, -0.1) is 0 Å². The van der Waals surface area contributed by atoms with Crippen molar-refractivity contribution < 1.29 is 14.5 Å². The van der Waals surface area contributed by atoms with Gasteiger partial charge in [0.15, 0.2) is 0 Å². The van der Waals surface area contributed by atoms with Crippen molar-refractivity contribution >= 4 is 11.7 Å². The largest absolute Gasteiger partial charge is 0.479 e. The first-order valence-corrected chi connectivity index (χ1v) is 5.80. The zero-order valence-corrected chi connectivity index (χ0v) is 10.7. The van der Waals surface area contributed by atoms with Crippen LogP contribution in [0.25, 0.3) is 0 Å². The maximum Gasteiger partial charge on any atom is 0.406 e. The van der Waals surface area contributed by atoms with Crippen LogP contribution in [0.4, 0.5) is 5.82 Å². The summed E-state index contributed by atoms with van der Waals surface area (Å²) in [5, 5.41) is 10.8. The van der Waals surface area contributed by atoms with Crippen molar-refractivity contribution in [2.24, 2.45) is 5.84 Å². The Morgan fingerprint density at radius 1 is 1.38 bits per heavy atom. The zero-order valence-electron chi connectivity index (χ0n) is 10.7. The van der Waals surface area contributed by atoms with E-state index in [1.165, 1.54) is 30.6 Å². The van der Waals surface area contributed by atoms with E-state index in [2.05, 4.69) is 9.97 Å². The molecule has 9 heteroatoms. The molecule has 0 bridgehead atoms. The highest BCUT2D eigenvalue weighted by atomic mass is 16.6. The van der Waals surface area contributed by atoms with Crippen LogP contribution >= 0.6 is 0 Å². The van der Waals surface area contributed by atoms with Crippen LogP contribution in [0.3, 0.4) is 0 Å². The lowest BCUT2D eigenvalue weighted by molar-refractivity contribution is -0.390. The van der Waals surface area contributed by atoms with Crippen LogP contribution in [0.2, 0.25) is 0 Å². The Bertz CT molecular complexity index is 659. The van der Waals surface area contributed by atoms with E-state index in [1.54, 1.807) is 6.07 Å². The maximum atomic E-state index is 11.2. The highest BCUT2D eigenvalue weighted by Gasteiger charge is 2.15. The second-order valence-corrected chi connectivity index (χ2v) is 3.88. The predicted molar refractivity (Wildman–Crippen MR) is 71.1 cm³/mol. The summed E-state index contributed by atoms with van der Waals surface area (Å²) in [5.74, 6) is 4.22. The average Bonchev–Trinajstić information content (AvgIpc) is 2.52. The number of aromatic nitrogens is 2.